The van der Waals surface area contributed by atoms with Gasteiger partial charge < -0.3 is 10.1 Å². The molecular formula is C21H14F6N4OS. The first-order chi connectivity index (χ1) is 15.6. The molecule has 0 atom stereocenters. The molecule has 0 amide bonds. The van der Waals surface area contributed by atoms with Gasteiger partial charge in [0.15, 0.2) is 0 Å². The van der Waals surface area contributed by atoms with Crippen molar-refractivity contribution in [1.29, 1.82) is 0 Å². The van der Waals surface area contributed by atoms with Crippen LogP contribution in [0, 0.1) is 0 Å². The van der Waals surface area contributed by atoms with Crippen molar-refractivity contribution in [3.63, 3.8) is 0 Å². The molecule has 0 aliphatic carbocycles. The summed E-state index contributed by atoms with van der Waals surface area (Å²) in [5.41, 5.74) is 1.00. The van der Waals surface area contributed by atoms with Gasteiger partial charge in [0, 0.05) is 17.1 Å². The lowest BCUT2D eigenvalue weighted by molar-refractivity contribution is -0.139. The van der Waals surface area contributed by atoms with E-state index in [0.717, 1.165) is 17.6 Å². The number of rotatable bonds is 5. The van der Waals surface area contributed by atoms with Crippen molar-refractivity contribution in [1.82, 2.24) is 15.0 Å². The summed E-state index contributed by atoms with van der Waals surface area (Å²) in [6, 6.07) is 8.11. The Bertz CT molecular complexity index is 1300. The van der Waals surface area contributed by atoms with Crippen LogP contribution in [0.15, 0.2) is 48.1 Å². The van der Waals surface area contributed by atoms with Crippen molar-refractivity contribution in [2.75, 3.05) is 11.9 Å². The number of hydrogen-bond acceptors (Lipinski definition) is 6. The first-order valence-electron chi connectivity index (χ1n) is 9.46. The summed E-state index contributed by atoms with van der Waals surface area (Å²) >= 11 is 0.501. The van der Waals surface area contributed by atoms with Crippen molar-refractivity contribution >= 4 is 33.7 Å². The number of ether oxygens (including phenoxy) is 1. The van der Waals surface area contributed by atoms with Crippen molar-refractivity contribution in [2.45, 2.75) is 19.3 Å². The molecule has 0 bridgehead atoms. The number of benzene rings is 1. The fourth-order valence-electron chi connectivity index (χ4n) is 3.17. The predicted octanol–water partition coefficient (Wildman–Crippen LogP) is 6.93. The van der Waals surface area contributed by atoms with Crippen LogP contribution in [0.3, 0.4) is 0 Å². The number of aromatic nitrogens is 3. The van der Waals surface area contributed by atoms with E-state index in [4.69, 9.17) is 4.74 Å². The lowest BCUT2D eigenvalue weighted by atomic mass is 10.1. The molecule has 3 heterocycles. The maximum atomic E-state index is 13.2. The summed E-state index contributed by atoms with van der Waals surface area (Å²) in [6.45, 7) is 1.54. The highest BCUT2D eigenvalue weighted by atomic mass is 32.1. The highest BCUT2D eigenvalue weighted by molar-refractivity contribution is 7.10. The van der Waals surface area contributed by atoms with E-state index in [1.165, 1.54) is 18.3 Å². The maximum Gasteiger partial charge on any atom is 0.427 e. The number of halogens is 6. The van der Waals surface area contributed by atoms with E-state index >= 15 is 0 Å². The highest BCUT2D eigenvalue weighted by Gasteiger charge is 2.37. The molecular weight excluding hydrogens is 470 g/mol. The van der Waals surface area contributed by atoms with Gasteiger partial charge in [-0.15, -0.1) is 11.3 Å². The summed E-state index contributed by atoms with van der Waals surface area (Å²) in [7, 11) is 0. The molecule has 4 rings (SSSR count). The molecule has 5 nitrogen and oxygen atoms in total. The highest BCUT2D eigenvalue weighted by Crippen LogP contribution is 2.40. The molecule has 0 saturated carbocycles. The molecule has 0 fully saturated rings. The summed E-state index contributed by atoms with van der Waals surface area (Å²) < 4.78 is 84.3. The zero-order valence-electron chi connectivity index (χ0n) is 16.8. The quantitative estimate of drug-likeness (QED) is 0.311. The zero-order chi connectivity index (χ0) is 23.8. The predicted molar refractivity (Wildman–Crippen MR) is 112 cm³/mol. The molecule has 0 aliphatic rings. The normalized spacial score (nSPS) is 12.2. The van der Waals surface area contributed by atoms with Crippen LogP contribution in [0.4, 0.5) is 37.8 Å². The molecule has 3 aromatic heterocycles. The molecule has 33 heavy (non-hydrogen) atoms. The molecule has 12 heteroatoms. The summed E-state index contributed by atoms with van der Waals surface area (Å²) in [4.78, 5) is 11.2. The van der Waals surface area contributed by atoms with Crippen LogP contribution in [-0.4, -0.2) is 21.6 Å². The van der Waals surface area contributed by atoms with Crippen LogP contribution in [-0.2, 0) is 12.4 Å². The van der Waals surface area contributed by atoms with Gasteiger partial charge in [0.25, 0.3) is 0 Å². The first kappa shape index (κ1) is 22.8. The Labute approximate surface area is 187 Å². The average molecular weight is 484 g/mol. The maximum absolute atomic E-state index is 13.2. The second-order valence-corrected chi connectivity index (χ2v) is 7.58. The lowest BCUT2D eigenvalue weighted by Gasteiger charge is -2.15. The number of hydrogen-bond donors (Lipinski definition) is 1. The van der Waals surface area contributed by atoms with E-state index in [2.05, 4.69) is 20.3 Å². The molecule has 0 saturated heterocycles. The van der Waals surface area contributed by atoms with Crippen molar-refractivity contribution < 1.29 is 31.1 Å². The van der Waals surface area contributed by atoms with E-state index in [-0.39, 0.29) is 23.7 Å². The standard InChI is InChI=1S/C21H14F6N4OS/c1-2-32-19-13(20(22,23)24)5-6-16(31-19)30-14-7-8-28-15-9-11(3-4-12(14)15)17-18(21(25,26)27)33-10-29-17/h3-10H,2H2,1H3,(H,28,30,31). The molecule has 1 aromatic carbocycles. The zero-order valence-corrected chi connectivity index (χ0v) is 17.6. The Kier molecular flexibility index (Phi) is 5.87. The molecule has 0 aliphatic heterocycles. The molecule has 4 aromatic rings. The number of nitrogens with one attached hydrogen (secondary N) is 1. The van der Waals surface area contributed by atoms with Crippen LogP contribution in [0.5, 0.6) is 5.88 Å². The van der Waals surface area contributed by atoms with Gasteiger partial charge in [-0.1, -0.05) is 12.1 Å². The van der Waals surface area contributed by atoms with E-state index < -0.39 is 28.7 Å². The molecule has 0 radical (unpaired) electrons. The summed E-state index contributed by atoms with van der Waals surface area (Å²) in [6.07, 6.45) is -7.73. The first-order valence-corrected chi connectivity index (χ1v) is 10.3. The summed E-state index contributed by atoms with van der Waals surface area (Å²) in [5.74, 6) is -0.458. The van der Waals surface area contributed by atoms with E-state index in [9.17, 15) is 26.3 Å². The fourth-order valence-corrected chi connectivity index (χ4v) is 3.85. The van der Waals surface area contributed by atoms with Gasteiger partial charge in [0.1, 0.15) is 16.3 Å². The van der Waals surface area contributed by atoms with E-state index in [0.29, 0.717) is 27.9 Å². The minimum Gasteiger partial charge on any atom is -0.477 e. The largest absolute Gasteiger partial charge is 0.477 e. The monoisotopic (exact) mass is 484 g/mol. The lowest BCUT2D eigenvalue weighted by Crippen LogP contribution is -2.11. The number of alkyl halides is 6. The SMILES string of the molecule is CCOc1nc(Nc2ccnc3cc(-c4ncsc4C(F)(F)F)ccc23)ccc1C(F)(F)F. The number of thiazole rings is 1. The van der Waals surface area contributed by atoms with Crippen LogP contribution in [0.1, 0.15) is 17.4 Å². The van der Waals surface area contributed by atoms with Crippen molar-refractivity contribution in [2.24, 2.45) is 0 Å². The molecule has 0 spiro atoms. The minimum atomic E-state index is -4.62. The molecule has 0 unspecified atom stereocenters. The van der Waals surface area contributed by atoms with Crippen LogP contribution >= 0.6 is 11.3 Å². The van der Waals surface area contributed by atoms with E-state index in [1.807, 2.05) is 0 Å². The Hall–Kier alpha value is -3.41. The number of anilines is 2. The van der Waals surface area contributed by atoms with Crippen LogP contribution in [0.25, 0.3) is 22.2 Å². The van der Waals surface area contributed by atoms with Gasteiger partial charge in [-0.05, 0) is 31.2 Å². The third kappa shape index (κ3) is 4.70. The van der Waals surface area contributed by atoms with Gasteiger partial charge in [-0.2, -0.15) is 31.3 Å². The van der Waals surface area contributed by atoms with Crippen LogP contribution < -0.4 is 10.1 Å². The number of nitrogens with zero attached hydrogens (tertiary/aromatic N) is 3. The van der Waals surface area contributed by atoms with Gasteiger partial charge >= 0.3 is 12.4 Å². The topological polar surface area (TPSA) is 59.9 Å². The van der Waals surface area contributed by atoms with Gasteiger partial charge in [-0.3, -0.25) is 4.98 Å². The summed E-state index contributed by atoms with van der Waals surface area (Å²) in [5, 5.41) is 3.45. The van der Waals surface area contributed by atoms with Gasteiger partial charge in [0.2, 0.25) is 5.88 Å². The second kappa shape index (κ2) is 8.50. The molecule has 172 valence electrons. The van der Waals surface area contributed by atoms with Crippen molar-refractivity contribution in [3.8, 4) is 17.1 Å². The molecule has 1 N–H and O–H groups in total. The Balaban J connectivity index is 1.71. The Morgan fingerprint density at radius 2 is 1.76 bits per heavy atom. The Morgan fingerprint density at radius 3 is 2.45 bits per heavy atom. The fraction of sp³-hybridized carbons (Fsp3) is 0.190. The Morgan fingerprint density at radius 1 is 0.970 bits per heavy atom. The number of pyridine rings is 2. The van der Waals surface area contributed by atoms with Gasteiger partial charge in [-0.25, -0.2) is 4.98 Å². The van der Waals surface area contributed by atoms with Crippen molar-refractivity contribution in [3.05, 3.63) is 58.5 Å². The van der Waals surface area contributed by atoms with Crippen LogP contribution in [0.2, 0.25) is 0 Å². The number of fused-ring (bicyclic) bond motifs is 1. The smallest absolute Gasteiger partial charge is 0.427 e. The van der Waals surface area contributed by atoms with Gasteiger partial charge in [0.05, 0.1) is 29.0 Å². The third-order valence-corrected chi connectivity index (χ3v) is 5.42. The minimum absolute atomic E-state index is 0.00295. The third-order valence-electron chi connectivity index (χ3n) is 4.55. The van der Waals surface area contributed by atoms with E-state index in [1.54, 1.807) is 19.1 Å². The average Bonchev–Trinajstić information content (AvgIpc) is 3.24. The second-order valence-electron chi connectivity index (χ2n) is 6.72.